The van der Waals surface area contributed by atoms with Gasteiger partial charge in [-0.05, 0) is 49.4 Å². The Balaban J connectivity index is 1.48. The first kappa shape index (κ1) is 27.8. The molecule has 1 aromatic carbocycles. The van der Waals surface area contributed by atoms with E-state index in [1.54, 1.807) is 12.1 Å². The van der Waals surface area contributed by atoms with Crippen molar-refractivity contribution < 1.29 is 18.0 Å². The zero-order chi connectivity index (χ0) is 28.4. The highest BCUT2D eigenvalue weighted by atomic mass is 35.5. The van der Waals surface area contributed by atoms with Crippen LogP contribution in [0.2, 0.25) is 10.0 Å². The second kappa shape index (κ2) is 11.4. The summed E-state index contributed by atoms with van der Waals surface area (Å²) in [5.74, 6) is -0.910. The number of aromatic nitrogens is 7. The molecule has 40 heavy (non-hydrogen) atoms. The molecular weight excluding hydrogens is 574 g/mol. The lowest BCUT2D eigenvalue weighted by Crippen LogP contribution is -2.51. The zero-order valence-corrected chi connectivity index (χ0v) is 22.2. The van der Waals surface area contributed by atoms with E-state index in [0.29, 0.717) is 34.4 Å². The maximum absolute atomic E-state index is 14.1. The summed E-state index contributed by atoms with van der Waals surface area (Å²) >= 11 is 12.1. The largest absolute Gasteiger partial charge is 0.410 e. The van der Waals surface area contributed by atoms with Crippen LogP contribution in [0.15, 0.2) is 53.7 Å². The molecule has 16 heteroatoms. The fourth-order valence-corrected chi connectivity index (χ4v) is 4.59. The molecule has 4 heterocycles. The number of nitrogens with zero attached hydrogens (tertiary/aromatic N) is 7. The molecule has 210 valence electrons. The SMILES string of the molecule is O=C(NC(Cn1c(-c2ccc(Cl)cc2)nn(Cc2ncn(-c3ncccc3Cl)n2)c1=O)C(F)(F)F)C1CCNC1. The average molecular weight is 596 g/mol. The summed E-state index contributed by atoms with van der Waals surface area (Å²) in [5, 5.41) is 14.3. The van der Waals surface area contributed by atoms with Gasteiger partial charge in [0, 0.05) is 23.3 Å². The third-order valence-electron chi connectivity index (χ3n) is 6.32. The summed E-state index contributed by atoms with van der Waals surface area (Å²) < 4.78 is 45.4. The van der Waals surface area contributed by atoms with Crippen molar-refractivity contribution in [3.8, 4) is 17.2 Å². The van der Waals surface area contributed by atoms with Crippen molar-refractivity contribution in [2.45, 2.75) is 31.7 Å². The fourth-order valence-electron chi connectivity index (χ4n) is 4.25. The van der Waals surface area contributed by atoms with Crippen molar-refractivity contribution >= 4 is 29.1 Å². The van der Waals surface area contributed by atoms with E-state index in [-0.39, 0.29) is 24.7 Å². The fraction of sp³-hybridized carbons (Fsp3) is 0.333. The van der Waals surface area contributed by atoms with Crippen molar-refractivity contribution in [2.24, 2.45) is 5.92 Å². The second-order valence-electron chi connectivity index (χ2n) is 9.09. The van der Waals surface area contributed by atoms with E-state index >= 15 is 0 Å². The first-order valence-electron chi connectivity index (χ1n) is 12.1. The smallest absolute Gasteiger partial charge is 0.343 e. The van der Waals surface area contributed by atoms with Gasteiger partial charge in [0.05, 0.1) is 17.5 Å². The Kier molecular flexibility index (Phi) is 7.92. The van der Waals surface area contributed by atoms with E-state index in [2.05, 4.69) is 30.8 Å². The van der Waals surface area contributed by atoms with Gasteiger partial charge >= 0.3 is 11.9 Å². The highest BCUT2D eigenvalue weighted by Gasteiger charge is 2.43. The van der Waals surface area contributed by atoms with E-state index in [0.717, 1.165) is 9.25 Å². The number of halogens is 5. The molecule has 0 spiro atoms. The Labute approximate surface area is 234 Å². The van der Waals surface area contributed by atoms with Crippen LogP contribution >= 0.6 is 23.2 Å². The first-order chi connectivity index (χ1) is 19.1. The number of hydrogen-bond donors (Lipinski definition) is 2. The number of benzene rings is 1. The van der Waals surface area contributed by atoms with Crippen molar-refractivity contribution in [3.05, 3.63) is 75.3 Å². The van der Waals surface area contributed by atoms with Gasteiger partial charge in [-0.2, -0.15) is 13.2 Å². The Bertz CT molecular complexity index is 1560. The number of carbonyl (C=O) groups is 1. The van der Waals surface area contributed by atoms with Gasteiger partial charge in [0.25, 0.3) is 0 Å². The molecule has 4 aromatic rings. The van der Waals surface area contributed by atoms with Crippen LogP contribution in [0.25, 0.3) is 17.2 Å². The van der Waals surface area contributed by atoms with Gasteiger partial charge in [-0.1, -0.05) is 23.2 Å². The number of alkyl halides is 3. The standard InChI is InChI=1S/C24H22Cl2F3N9O2/c25-16-5-3-14(4-6-16)20-35-37(12-19-32-13-38(34-19)21-17(26)2-1-8-31-21)23(40)36(20)11-18(24(27,28)29)33-22(39)15-7-9-30-10-15/h1-6,8,13,15,18,30H,7,9-12H2,(H,33,39). The predicted molar refractivity (Wildman–Crippen MR) is 139 cm³/mol. The van der Waals surface area contributed by atoms with Crippen LogP contribution in [0, 0.1) is 5.92 Å². The van der Waals surface area contributed by atoms with Gasteiger partial charge in [0.2, 0.25) is 5.91 Å². The van der Waals surface area contributed by atoms with Crippen molar-refractivity contribution in [1.82, 2.24) is 44.7 Å². The van der Waals surface area contributed by atoms with Gasteiger partial charge in [-0.3, -0.25) is 9.36 Å². The summed E-state index contributed by atoms with van der Waals surface area (Å²) in [6.45, 7) is -0.315. The summed E-state index contributed by atoms with van der Waals surface area (Å²) in [6, 6.07) is 7.07. The molecule has 3 aromatic heterocycles. The molecule has 1 fully saturated rings. The van der Waals surface area contributed by atoms with Crippen molar-refractivity contribution in [3.63, 3.8) is 0 Å². The minimum atomic E-state index is -4.83. The molecule has 2 unspecified atom stereocenters. The summed E-state index contributed by atoms with van der Waals surface area (Å²) in [5.41, 5.74) is -0.491. The lowest BCUT2D eigenvalue weighted by atomic mass is 10.1. The Morgan fingerprint density at radius 1 is 1.15 bits per heavy atom. The quantitative estimate of drug-likeness (QED) is 0.321. The number of nitrogens with one attached hydrogen (secondary N) is 2. The maximum Gasteiger partial charge on any atom is 0.410 e. The molecule has 0 aliphatic carbocycles. The first-order valence-corrected chi connectivity index (χ1v) is 12.9. The summed E-state index contributed by atoms with van der Waals surface area (Å²) in [7, 11) is 0. The normalized spacial score (nSPS) is 16.3. The predicted octanol–water partition coefficient (Wildman–Crippen LogP) is 2.70. The zero-order valence-electron chi connectivity index (χ0n) is 20.6. The van der Waals surface area contributed by atoms with Gasteiger partial charge in [0.1, 0.15) is 18.9 Å². The molecule has 1 saturated heterocycles. The highest BCUT2D eigenvalue weighted by Crippen LogP contribution is 2.25. The van der Waals surface area contributed by atoms with Crippen LogP contribution < -0.4 is 16.3 Å². The molecule has 0 radical (unpaired) electrons. The van der Waals surface area contributed by atoms with Crippen LogP contribution in [0.3, 0.4) is 0 Å². The molecule has 5 rings (SSSR count). The number of pyridine rings is 1. The minimum Gasteiger partial charge on any atom is -0.343 e. The molecule has 1 aliphatic heterocycles. The molecular formula is C24H22Cl2F3N9O2. The molecule has 1 aliphatic rings. The number of amides is 1. The summed E-state index contributed by atoms with van der Waals surface area (Å²) in [6.07, 6.45) is -1.54. The monoisotopic (exact) mass is 595 g/mol. The lowest BCUT2D eigenvalue weighted by Gasteiger charge is -2.23. The van der Waals surface area contributed by atoms with E-state index in [1.807, 2.05) is 0 Å². The van der Waals surface area contributed by atoms with Crippen LogP contribution in [0.5, 0.6) is 0 Å². The second-order valence-corrected chi connectivity index (χ2v) is 9.93. The van der Waals surface area contributed by atoms with Crippen molar-refractivity contribution in [2.75, 3.05) is 13.1 Å². The Hall–Kier alpha value is -3.75. The van der Waals surface area contributed by atoms with Crippen LogP contribution in [0.4, 0.5) is 13.2 Å². The van der Waals surface area contributed by atoms with Crippen molar-refractivity contribution in [1.29, 1.82) is 0 Å². The molecule has 0 saturated carbocycles. The molecule has 11 nitrogen and oxygen atoms in total. The summed E-state index contributed by atoms with van der Waals surface area (Å²) in [4.78, 5) is 34.3. The molecule has 2 N–H and O–H groups in total. The maximum atomic E-state index is 14.1. The molecule has 2 atom stereocenters. The van der Waals surface area contributed by atoms with Gasteiger partial charge in [-0.15, -0.1) is 10.2 Å². The van der Waals surface area contributed by atoms with E-state index in [1.165, 1.54) is 41.5 Å². The third-order valence-corrected chi connectivity index (χ3v) is 6.87. The van der Waals surface area contributed by atoms with Gasteiger partial charge in [-0.25, -0.2) is 24.1 Å². The topological polar surface area (TPSA) is 125 Å². The van der Waals surface area contributed by atoms with E-state index in [4.69, 9.17) is 23.2 Å². The minimum absolute atomic E-state index is 0.0418. The highest BCUT2D eigenvalue weighted by molar-refractivity contribution is 6.32. The van der Waals surface area contributed by atoms with E-state index < -0.39 is 36.3 Å². The molecule has 1 amide bonds. The lowest BCUT2D eigenvalue weighted by molar-refractivity contribution is -0.165. The number of hydrogen-bond acceptors (Lipinski definition) is 7. The van der Waals surface area contributed by atoms with E-state index in [9.17, 15) is 22.8 Å². The Morgan fingerprint density at radius 3 is 2.60 bits per heavy atom. The van der Waals surface area contributed by atoms with Gasteiger partial charge in [0.15, 0.2) is 17.5 Å². The van der Waals surface area contributed by atoms with Crippen LogP contribution in [-0.4, -0.2) is 65.3 Å². The third kappa shape index (κ3) is 6.03. The van der Waals surface area contributed by atoms with Crippen LogP contribution in [-0.2, 0) is 17.9 Å². The molecule has 0 bridgehead atoms. The Morgan fingerprint density at radius 2 is 1.93 bits per heavy atom. The average Bonchev–Trinajstić information content (AvgIpc) is 3.67. The number of rotatable bonds is 8. The van der Waals surface area contributed by atoms with Gasteiger partial charge < -0.3 is 10.6 Å². The van der Waals surface area contributed by atoms with Crippen LogP contribution in [0.1, 0.15) is 12.2 Å². The number of carbonyl (C=O) groups excluding carboxylic acids is 1.